The summed E-state index contributed by atoms with van der Waals surface area (Å²) >= 11 is 6.01. The van der Waals surface area contributed by atoms with Crippen LogP contribution >= 0.6 is 11.6 Å². The second-order valence-electron chi connectivity index (χ2n) is 5.53. The smallest absolute Gasteiger partial charge is 0.266 e. The van der Waals surface area contributed by atoms with Gasteiger partial charge in [0.15, 0.2) is 0 Å². The number of hydrogen-bond acceptors (Lipinski definition) is 5. The molecular weight excluding hydrogens is 376 g/mol. The van der Waals surface area contributed by atoms with Crippen LogP contribution in [0.4, 0.5) is 0 Å². The molecule has 0 spiro atoms. The number of carbonyl (C=O) groups is 1. The Morgan fingerprint density at radius 1 is 1.19 bits per heavy atom. The quantitative estimate of drug-likeness (QED) is 0.723. The van der Waals surface area contributed by atoms with Crippen molar-refractivity contribution in [3.8, 4) is 5.75 Å². The van der Waals surface area contributed by atoms with E-state index in [1.54, 1.807) is 42.5 Å². The second-order valence-corrected chi connectivity index (χ2v) is 7.62. The Balaban J connectivity index is 1.85. The van der Waals surface area contributed by atoms with Gasteiger partial charge in [0.2, 0.25) is 5.91 Å². The van der Waals surface area contributed by atoms with Crippen LogP contribution in [-0.2, 0) is 21.2 Å². The zero-order valence-corrected chi connectivity index (χ0v) is 15.3. The first kappa shape index (κ1) is 18.2. The highest BCUT2D eigenvalue weighted by atomic mass is 35.5. The number of pyridine rings is 1. The van der Waals surface area contributed by atoms with Gasteiger partial charge in [-0.05, 0) is 35.9 Å². The molecule has 26 heavy (non-hydrogen) atoms. The molecule has 1 N–H and O–H groups in total. The summed E-state index contributed by atoms with van der Waals surface area (Å²) in [5.74, 6) is -0.00234. The Hall–Kier alpha value is -2.64. The molecule has 0 aliphatic rings. The van der Waals surface area contributed by atoms with E-state index >= 15 is 0 Å². The molecule has 6 nitrogen and oxygen atoms in total. The van der Waals surface area contributed by atoms with Gasteiger partial charge in [0, 0.05) is 16.6 Å². The van der Waals surface area contributed by atoms with E-state index < -0.39 is 15.9 Å². The van der Waals surface area contributed by atoms with Crippen LogP contribution in [0.5, 0.6) is 5.75 Å². The number of halogens is 1. The number of nitrogens with zero attached hydrogens (tertiary/aromatic N) is 1. The van der Waals surface area contributed by atoms with E-state index in [1.807, 2.05) is 0 Å². The molecule has 0 radical (unpaired) electrons. The predicted octanol–water partition coefficient (Wildman–Crippen LogP) is 2.94. The Labute approximate surface area is 155 Å². The van der Waals surface area contributed by atoms with Crippen LogP contribution in [0.3, 0.4) is 0 Å². The molecule has 0 atom stereocenters. The third-order valence-corrected chi connectivity index (χ3v) is 5.30. The standard InChI is InChI=1S/C18H15ClN2O4S/c1-25-15-6-4-12(5-7-15)9-17(22)21-26(23,24)16-11-14(19)10-13-3-2-8-20-18(13)16/h2-8,10-11H,9H2,1H3,(H,21,22). The molecule has 3 rings (SSSR count). The molecule has 2 aromatic carbocycles. The number of nitrogens with one attached hydrogen (secondary N) is 1. The number of methoxy groups -OCH3 is 1. The summed E-state index contributed by atoms with van der Waals surface area (Å²) in [6, 6.07) is 13.1. The van der Waals surface area contributed by atoms with Crippen LogP contribution in [0.15, 0.2) is 59.6 Å². The third-order valence-electron chi connectivity index (χ3n) is 3.70. The number of carbonyl (C=O) groups excluding carboxylic acids is 1. The third kappa shape index (κ3) is 3.95. The molecule has 0 aliphatic carbocycles. The van der Waals surface area contributed by atoms with Crippen molar-refractivity contribution >= 4 is 38.4 Å². The first-order valence-electron chi connectivity index (χ1n) is 7.62. The highest BCUT2D eigenvalue weighted by Crippen LogP contribution is 2.25. The lowest BCUT2D eigenvalue weighted by Crippen LogP contribution is -2.32. The number of aromatic nitrogens is 1. The van der Waals surface area contributed by atoms with Crippen LogP contribution < -0.4 is 9.46 Å². The Morgan fingerprint density at radius 3 is 2.62 bits per heavy atom. The summed E-state index contributed by atoms with van der Waals surface area (Å²) in [4.78, 5) is 16.2. The fraction of sp³-hybridized carbons (Fsp3) is 0.111. The minimum absolute atomic E-state index is 0.0881. The van der Waals surface area contributed by atoms with Gasteiger partial charge < -0.3 is 4.74 Å². The van der Waals surface area contributed by atoms with Gasteiger partial charge in [-0.3, -0.25) is 9.78 Å². The lowest BCUT2D eigenvalue weighted by Gasteiger charge is -2.10. The van der Waals surface area contributed by atoms with Crippen LogP contribution in [0.1, 0.15) is 5.56 Å². The summed E-state index contributed by atoms with van der Waals surface area (Å²) in [7, 11) is -2.57. The molecule has 1 heterocycles. The molecule has 0 aliphatic heterocycles. The van der Waals surface area contributed by atoms with Crippen molar-refractivity contribution in [3.63, 3.8) is 0 Å². The molecular formula is C18H15ClN2O4S. The maximum Gasteiger partial charge on any atom is 0.266 e. The Bertz CT molecular complexity index is 1070. The van der Waals surface area contributed by atoms with E-state index in [9.17, 15) is 13.2 Å². The molecule has 1 amide bonds. The average molecular weight is 391 g/mol. The molecule has 0 saturated carbocycles. The van der Waals surface area contributed by atoms with E-state index in [4.69, 9.17) is 16.3 Å². The molecule has 0 unspecified atom stereocenters. The van der Waals surface area contributed by atoms with E-state index in [0.29, 0.717) is 16.7 Å². The normalized spacial score (nSPS) is 11.3. The van der Waals surface area contributed by atoms with Gasteiger partial charge in [-0.2, -0.15) is 0 Å². The predicted molar refractivity (Wildman–Crippen MR) is 98.8 cm³/mol. The zero-order chi connectivity index (χ0) is 18.7. The minimum Gasteiger partial charge on any atom is -0.497 e. The minimum atomic E-state index is -4.11. The number of ether oxygens (including phenoxy) is 1. The van der Waals surface area contributed by atoms with Crippen molar-refractivity contribution < 1.29 is 17.9 Å². The van der Waals surface area contributed by atoms with E-state index in [1.165, 1.54) is 19.4 Å². The average Bonchev–Trinajstić information content (AvgIpc) is 2.61. The van der Waals surface area contributed by atoms with Crippen LogP contribution in [0.2, 0.25) is 5.02 Å². The lowest BCUT2D eigenvalue weighted by atomic mass is 10.1. The first-order chi connectivity index (χ1) is 12.4. The van der Waals surface area contributed by atoms with Crippen molar-refractivity contribution in [1.29, 1.82) is 0 Å². The fourth-order valence-corrected chi connectivity index (χ4v) is 3.98. The summed E-state index contributed by atoms with van der Waals surface area (Å²) in [5.41, 5.74) is 0.911. The molecule has 1 aromatic heterocycles. The molecule has 3 aromatic rings. The van der Waals surface area contributed by atoms with Crippen LogP contribution in [0, 0.1) is 0 Å². The van der Waals surface area contributed by atoms with Crippen molar-refractivity contribution in [3.05, 3.63) is 65.3 Å². The van der Waals surface area contributed by atoms with Crippen LogP contribution in [0.25, 0.3) is 10.9 Å². The zero-order valence-electron chi connectivity index (χ0n) is 13.8. The van der Waals surface area contributed by atoms with Gasteiger partial charge in [-0.15, -0.1) is 0 Å². The Kier molecular flexibility index (Phi) is 5.11. The van der Waals surface area contributed by atoms with Crippen molar-refractivity contribution in [2.45, 2.75) is 11.3 Å². The SMILES string of the molecule is COc1ccc(CC(=O)NS(=O)(=O)c2cc(Cl)cc3cccnc23)cc1. The van der Waals surface area contributed by atoms with Gasteiger partial charge >= 0.3 is 0 Å². The maximum atomic E-state index is 12.6. The maximum absolute atomic E-state index is 12.6. The summed E-state index contributed by atoms with van der Waals surface area (Å²) in [5, 5.41) is 0.816. The van der Waals surface area contributed by atoms with Crippen LogP contribution in [-0.4, -0.2) is 26.4 Å². The van der Waals surface area contributed by atoms with Crippen molar-refractivity contribution in [2.24, 2.45) is 0 Å². The first-order valence-corrected chi connectivity index (χ1v) is 9.48. The summed E-state index contributed by atoms with van der Waals surface area (Å²) in [6.07, 6.45) is 1.39. The number of fused-ring (bicyclic) bond motifs is 1. The van der Waals surface area contributed by atoms with Gasteiger partial charge in [-0.25, -0.2) is 13.1 Å². The molecule has 8 heteroatoms. The number of benzene rings is 2. The van der Waals surface area contributed by atoms with E-state index in [2.05, 4.69) is 9.71 Å². The van der Waals surface area contributed by atoms with Gasteiger partial charge in [0.05, 0.1) is 19.0 Å². The number of amides is 1. The topological polar surface area (TPSA) is 85.4 Å². The lowest BCUT2D eigenvalue weighted by molar-refractivity contribution is -0.118. The highest BCUT2D eigenvalue weighted by molar-refractivity contribution is 7.90. The number of sulfonamides is 1. The van der Waals surface area contributed by atoms with Crippen molar-refractivity contribution in [2.75, 3.05) is 7.11 Å². The van der Waals surface area contributed by atoms with Gasteiger partial charge in [-0.1, -0.05) is 29.8 Å². The summed E-state index contributed by atoms with van der Waals surface area (Å²) in [6.45, 7) is 0. The van der Waals surface area contributed by atoms with Gasteiger partial charge in [0.1, 0.15) is 10.6 Å². The Morgan fingerprint density at radius 2 is 1.92 bits per heavy atom. The number of rotatable bonds is 5. The molecule has 134 valence electrons. The van der Waals surface area contributed by atoms with Gasteiger partial charge in [0.25, 0.3) is 10.0 Å². The van der Waals surface area contributed by atoms with E-state index in [-0.39, 0.29) is 21.9 Å². The van der Waals surface area contributed by atoms with Crippen molar-refractivity contribution in [1.82, 2.24) is 9.71 Å². The number of hydrogen-bond donors (Lipinski definition) is 1. The van der Waals surface area contributed by atoms with E-state index in [0.717, 1.165) is 0 Å². The molecule has 0 fully saturated rings. The monoisotopic (exact) mass is 390 g/mol. The fourth-order valence-electron chi connectivity index (χ4n) is 2.50. The second kappa shape index (κ2) is 7.31. The highest BCUT2D eigenvalue weighted by Gasteiger charge is 2.22. The largest absolute Gasteiger partial charge is 0.497 e. The molecule has 0 saturated heterocycles. The molecule has 0 bridgehead atoms. The summed E-state index contributed by atoms with van der Waals surface area (Å²) < 4.78 is 32.4.